The lowest BCUT2D eigenvalue weighted by Gasteiger charge is -2.17. The maximum Gasteiger partial charge on any atom is 0.501 e. The smallest absolute Gasteiger partial charge is 0.324 e. The molecule has 4 nitrogen and oxygen atoms in total. The molecule has 1 aromatic carbocycles. The van der Waals surface area contributed by atoms with Crippen molar-refractivity contribution in [1.82, 2.24) is 0 Å². The van der Waals surface area contributed by atoms with E-state index in [0.29, 0.717) is 4.90 Å². The van der Waals surface area contributed by atoms with Gasteiger partial charge >= 0.3 is 5.51 Å². The van der Waals surface area contributed by atoms with Crippen molar-refractivity contribution in [1.29, 1.82) is 0 Å². The first-order valence-electron chi connectivity index (χ1n) is 4.60. The van der Waals surface area contributed by atoms with Crippen LogP contribution in [-0.4, -0.2) is 25.6 Å². The Labute approximate surface area is 104 Å². The summed E-state index contributed by atoms with van der Waals surface area (Å²) in [5, 5.41) is 2.33. The first-order chi connectivity index (χ1) is 8.22. The fraction of sp³-hybridized carbons (Fsp3) is 0.222. The van der Waals surface area contributed by atoms with Crippen LogP contribution in [0.2, 0.25) is 0 Å². The largest absolute Gasteiger partial charge is 0.501 e. The molecule has 1 N–H and O–H groups in total. The summed E-state index contributed by atoms with van der Waals surface area (Å²) < 4.78 is 59.4. The molecule has 1 aliphatic rings. The number of alkyl halides is 3. The summed E-state index contributed by atoms with van der Waals surface area (Å²) in [7, 11) is -5.39. The Morgan fingerprint density at radius 3 is 2.56 bits per heavy atom. The number of carbonyl (C=O) groups is 1. The van der Waals surface area contributed by atoms with Crippen LogP contribution in [0.4, 0.5) is 18.9 Å². The van der Waals surface area contributed by atoms with E-state index >= 15 is 0 Å². The van der Waals surface area contributed by atoms with Crippen LogP contribution in [0.1, 0.15) is 0 Å². The SMILES string of the molecule is O=C1CSc2ccc(S(=O)(=O)C(F)(F)F)cc2N1. The van der Waals surface area contributed by atoms with E-state index in [1.54, 1.807) is 0 Å². The molecule has 0 aromatic heterocycles. The Morgan fingerprint density at radius 1 is 1.28 bits per heavy atom. The average Bonchev–Trinajstić information content (AvgIpc) is 2.26. The van der Waals surface area contributed by atoms with Gasteiger partial charge < -0.3 is 5.32 Å². The third kappa shape index (κ3) is 2.19. The normalized spacial score (nSPS) is 16.1. The van der Waals surface area contributed by atoms with Crippen molar-refractivity contribution in [3.8, 4) is 0 Å². The van der Waals surface area contributed by atoms with Crippen LogP contribution < -0.4 is 5.32 Å². The number of rotatable bonds is 1. The molecule has 1 amide bonds. The number of anilines is 1. The first-order valence-corrected chi connectivity index (χ1v) is 7.07. The maximum atomic E-state index is 12.3. The molecule has 0 radical (unpaired) electrons. The summed E-state index contributed by atoms with van der Waals surface area (Å²) in [5.41, 5.74) is -5.27. The Balaban J connectivity index is 2.50. The summed E-state index contributed by atoms with van der Waals surface area (Å²) in [6, 6.07) is 2.95. The van der Waals surface area contributed by atoms with Gasteiger partial charge in [0, 0.05) is 4.90 Å². The van der Waals surface area contributed by atoms with Crippen molar-refractivity contribution in [3.63, 3.8) is 0 Å². The van der Waals surface area contributed by atoms with Gasteiger partial charge in [-0.2, -0.15) is 13.2 Å². The summed E-state index contributed by atoms with van der Waals surface area (Å²) in [5.74, 6) is -0.229. The molecule has 0 fully saturated rings. The van der Waals surface area contributed by atoms with E-state index < -0.39 is 20.2 Å². The molecule has 2 rings (SSSR count). The van der Waals surface area contributed by atoms with Crippen LogP contribution >= 0.6 is 11.8 Å². The molecule has 0 aliphatic carbocycles. The maximum absolute atomic E-state index is 12.3. The van der Waals surface area contributed by atoms with Crippen molar-refractivity contribution < 1.29 is 26.4 Å². The highest BCUT2D eigenvalue weighted by Gasteiger charge is 2.47. The minimum absolute atomic E-state index is 0.0848. The Hall–Kier alpha value is -1.22. The van der Waals surface area contributed by atoms with Gasteiger partial charge in [0.05, 0.1) is 16.3 Å². The first kappa shape index (κ1) is 13.2. The minimum atomic E-state index is -5.39. The number of fused-ring (bicyclic) bond motifs is 1. The number of benzene rings is 1. The second-order valence-electron chi connectivity index (χ2n) is 3.44. The summed E-state index contributed by atoms with van der Waals surface area (Å²) >= 11 is 1.14. The molecule has 18 heavy (non-hydrogen) atoms. The van der Waals surface area contributed by atoms with Gasteiger partial charge in [0.25, 0.3) is 9.84 Å². The molecule has 0 atom stereocenters. The lowest BCUT2D eigenvalue weighted by atomic mass is 10.3. The fourth-order valence-electron chi connectivity index (χ4n) is 1.36. The summed E-state index contributed by atoms with van der Waals surface area (Å²) in [6.45, 7) is 0. The van der Waals surface area contributed by atoms with E-state index in [4.69, 9.17) is 0 Å². The number of thioether (sulfide) groups is 1. The number of hydrogen-bond acceptors (Lipinski definition) is 4. The molecule has 98 valence electrons. The molecular weight excluding hydrogens is 291 g/mol. The van der Waals surface area contributed by atoms with Crippen molar-refractivity contribution >= 4 is 33.2 Å². The molecule has 0 saturated heterocycles. The monoisotopic (exact) mass is 297 g/mol. The molecule has 1 aromatic rings. The number of halogens is 3. The number of carbonyl (C=O) groups excluding carboxylic acids is 1. The molecule has 1 heterocycles. The van der Waals surface area contributed by atoms with Crippen LogP contribution in [-0.2, 0) is 14.6 Å². The summed E-state index contributed by atoms with van der Waals surface area (Å²) in [4.78, 5) is 10.7. The van der Waals surface area contributed by atoms with Gasteiger partial charge in [0.2, 0.25) is 5.91 Å². The molecule has 1 aliphatic heterocycles. The zero-order chi connectivity index (χ0) is 13.6. The molecule has 0 saturated carbocycles. The standard InChI is InChI=1S/C9H6F3NO3S2/c10-9(11,12)18(15,16)5-1-2-7-6(3-5)13-8(14)4-17-7/h1-3H,4H2,(H,13,14). The van der Waals surface area contributed by atoms with Crippen molar-refractivity contribution in [2.24, 2.45) is 0 Å². The van der Waals surface area contributed by atoms with Crippen molar-refractivity contribution in [2.45, 2.75) is 15.3 Å². The highest BCUT2D eigenvalue weighted by atomic mass is 32.2. The predicted molar refractivity (Wildman–Crippen MR) is 59.0 cm³/mol. The lowest BCUT2D eigenvalue weighted by Crippen LogP contribution is -2.24. The van der Waals surface area contributed by atoms with Crippen LogP contribution in [0, 0.1) is 0 Å². The Bertz CT molecular complexity index is 610. The Morgan fingerprint density at radius 2 is 1.94 bits per heavy atom. The van der Waals surface area contributed by atoms with E-state index in [1.165, 1.54) is 6.07 Å². The Kier molecular flexibility index (Phi) is 3.06. The average molecular weight is 297 g/mol. The van der Waals surface area contributed by atoms with Gasteiger partial charge in [-0.25, -0.2) is 8.42 Å². The zero-order valence-electron chi connectivity index (χ0n) is 8.61. The lowest BCUT2D eigenvalue weighted by molar-refractivity contribution is -0.113. The second kappa shape index (κ2) is 4.16. The van der Waals surface area contributed by atoms with E-state index in [1.807, 2.05) is 0 Å². The molecule has 0 spiro atoms. The van der Waals surface area contributed by atoms with Crippen LogP contribution in [0.5, 0.6) is 0 Å². The fourth-order valence-corrected chi connectivity index (χ4v) is 2.94. The van der Waals surface area contributed by atoms with Gasteiger partial charge in [-0.1, -0.05) is 0 Å². The molecule has 0 unspecified atom stereocenters. The van der Waals surface area contributed by atoms with E-state index in [-0.39, 0.29) is 17.3 Å². The van der Waals surface area contributed by atoms with E-state index in [2.05, 4.69) is 5.32 Å². The molecular formula is C9H6F3NO3S2. The molecule has 0 bridgehead atoms. The van der Waals surface area contributed by atoms with Crippen molar-refractivity contribution in [2.75, 3.05) is 11.1 Å². The van der Waals surface area contributed by atoms with Crippen LogP contribution in [0.3, 0.4) is 0 Å². The number of hydrogen-bond donors (Lipinski definition) is 1. The minimum Gasteiger partial charge on any atom is -0.324 e. The third-order valence-corrected chi connectivity index (χ3v) is 4.76. The van der Waals surface area contributed by atoms with Crippen LogP contribution in [0.25, 0.3) is 0 Å². The quantitative estimate of drug-likeness (QED) is 0.861. The van der Waals surface area contributed by atoms with Gasteiger partial charge in [-0.3, -0.25) is 4.79 Å². The van der Waals surface area contributed by atoms with Gasteiger partial charge in [0.15, 0.2) is 0 Å². The number of amides is 1. The number of nitrogens with one attached hydrogen (secondary N) is 1. The zero-order valence-corrected chi connectivity index (χ0v) is 10.2. The van der Waals surface area contributed by atoms with Crippen LogP contribution in [0.15, 0.2) is 28.0 Å². The van der Waals surface area contributed by atoms with Gasteiger partial charge in [0.1, 0.15) is 0 Å². The second-order valence-corrected chi connectivity index (χ2v) is 6.40. The highest BCUT2D eigenvalue weighted by molar-refractivity contribution is 8.00. The highest BCUT2D eigenvalue weighted by Crippen LogP contribution is 2.36. The van der Waals surface area contributed by atoms with Gasteiger partial charge in [-0.15, -0.1) is 11.8 Å². The van der Waals surface area contributed by atoms with E-state index in [0.717, 1.165) is 23.9 Å². The van der Waals surface area contributed by atoms with E-state index in [9.17, 15) is 26.4 Å². The molecule has 9 heteroatoms. The third-order valence-electron chi connectivity index (χ3n) is 2.20. The predicted octanol–water partition coefficient (Wildman–Crippen LogP) is 2.02. The van der Waals surface area contributed by atoms with Crippen molar-refractivity contribution in [3.05, 3.63) is 18.2 Å². The van der Waals surface area contributed by atoms with Gasteiger partial charge in [-0.05, 0) is 18.2 Å². The number of sulfone groups is 1. The summed E-state index contributed by atoms with van der Waals surface area (Å²) in [6.07, 6.45) is 0. The topological polar surface area (TPSA) is 63.2 Å².